The number of aromatic nitrogens is 1. The molecule has 0 fully saturated rings. The van der Waals surface area contributed by atoms with Crippen LogP contribution in [0.3, 0.4) is 0 Å². The van der Waals surface area contributed by atoms with E-state index in [-0.39, 0.29) is 17.2 Å². The molecule has 0 aromatic carbocycles. The summed E-state index contributed by atoms with van der Waals surface area (Å²) in [6.45, 7) is 11.8. The van der Waals surface area contributed by atoms with Gasteiger partial charge in [-0.2, -0.15) is 0 Å². The Morgan fingerprint density at radius 3 is 2.36 bits per heavy atom. The number of esters is 1. The van der Waals surface area contributed by atoms with Gasteiger partial charge in [-0.3, -0.25) is 9.59 Å². The minimum Gasteiger partial charge on any atom is -0.460 e. The highest BCUT2D eigenvalue weighted by molar-refractivity contribution is 5.94. The van der Waals surface area contributed by atoms with Gasteiger partial charge in [0, 0.05) is 25.3 Å². The van der Waals surface area contributed by atoms with Crippen LogP contribution < -0.4 is 0 Å². The zero-order chi connectivity index (χ0) is 19.1. The van der Waals surface area contributed by atoms with Crippen LogP contribution in [0.1, 0.15) is 96.3 Å². The van der Waals surface area contributed by atoms with Crippen LogP contribution in [0.25, 0.3) is 0 Å². The van der Waals surface area contributed by atoms with Gasteiger partial charge in [-0.25, -0.2) is 0 Å². The van der Waals surface area contributed by atoms with Gasteiger partial charge in [0.25, 0.3) is 0 Å². The van der Waals surface area contributed by atoms with Crippen LogP contribution in [0.2, 0.25) is 0 Å². The Morgan fingerprint density at radius 1 is 1.12 bits per heavy atom. The predicted octanol–water partition coefficient (Wildman–Crippen LogP) is 5.13. The molecule has 0 radical (unpaired) electrons. The largest absolute Gasteiger partial charge is 0.460 e. The molecule has 0 bridgehead atoms. The average molecular weight is 351 g/mol. The number of aryl methyl sites for hydroxylation is 1. The monoisotopic (exact) mass is 351 g/mol. The summed E-state index contributed by atoms with van der Waals surface area (Å²) in [5, 5.41) is 3.89. The number of ether oxygens (including phenoxy) is 1. The fraction of sp³-hybridized carbons (Fsp3) is 0.750. The van der Waals surface area contributed by atoms with Crippen molar-refractivity contribution in [1.82, 2.24) is 5.16 Å². The van der Waals surface area contributed by atoms with Gasteiger partial charge in [0.15, 0.2) is 5.78 Å². The zero-order valence-electron chi connectivity index (χ0n) is 16.6. The van der Waals surface area contributed by atoms with Crippen molar-refractivity contribution in [3.8, 4) is 0 Å². The number of carbonyl (C=O) groups is 2. The van der Waals surface area contributed by atoms with Crippen LogP contribution >= 0.6 is 0 Å². The number of unbranched alkanes of at least 4 members (excludes halogenated alkanes) is 1. The van der Waals surface area contributed by atoms with Crippen molar-refractivity contribution in [3.05, 3.63) is 17.5 Å². The lowest BCUT2D eigenvalue weighted by molar-refractivity contribution is -0.155. The number of hydrogen-bond acceptors (Lipinski definition) is 5. The van der Waals surface area contributed by atoms with E-state index in [0.29, 0.717) is 31.4 Å². The summed E-state index contributed by atoms with van der Waals surface area (Å²) in [7, 11) is 0. The van der Waals surface area contributed by atoms with Crippen molar-refractivity contribution in [3.63, 3.8) is 0 Å². The lowest BCUT2D eigenvalue weighted by Crippen LogP contribution is -2.25. The fourth-order valence-corrected chi connectivity index (χ4v) is 2.45. The topological polar surface area (TPSA) is 69.4 Å². The van der Waals surface area contributed by atoms with Crippen LogP contribution in [-0.4, -0.2) is 22.5 Å². The third-order valence-corrected chi connectivity index (χ3v) is 4.08. The molecule has 5 nitrogen and oxygen atoms in total. The Kier molecular flexibility index (Phi) is 7.84. The summed E-state index contributed by atoms with van der Waals surface area (Å²) >= 11 is 0. The first-order chi connectivity index (χ1) is 11.5. The molecule has 0 aliphatic heterocycles. The molecule has 0 saturated carbocycles. The summed E-state index contributed by atoms with van der Waals surface area (Å²) in [6, 6.07) is 1.76. The van der Waals surface area contributed by atoms with E-state index in [1.807, 2.05) is 20.8 Å². The molecule has 0 atom stereocenters. The third kappa shape index (κ3) is 8.84. The fourth-order valence-electron chi connectivity index (χ4n) is 2.45. The maximum absolute atomic E-state index is 12.3. The summed E-state index contributed by atoms with van der Waals surface area (Å²) < 4.78 is 10.5. The van der Waals surface area contributed by atoms with Crippen LogP contribution in [0, 0.1) is 5.41 Å². The van der Waals surface area contributed by atoms with Gasteiger partial charge in [0.05, 0.1) is 0 Å². The van der Waals surface area contributed by atoms with Crippen molar-refractivity contribution in [2.45, 2.75) is 92.1 Å². The van der Waals surface area contributed by atoms with Gasteiger partial charge in [-0.1, -0.05) is 32.3 Å². The number of hydrogen-bond donors (Lipinski definition) is 0. The quantitative estimate of drug-likeness (QED) is 0.432. The Bertz CT molecular complexity index is 566. The molecule has 0 saturated heterocycles. The van der Waals surface area contributed by atoms with E-state index in [1.54, 1.807) is 6.07 Å². The molecule has 0 amide bonds. The summed E-state index contributed by atoms with van der Waals surface area (Å²) in [4.78, 5) is 24.1. The number of ketones is 1. The van der Waals surface area contributed by atoms with Crippen molar-refractivity contribution >= 4 is 11.8 Å². The lowest BCUT2D eigenvalue weighted by Gasteiger charge is -2.25. The summed E-state index contributed by atoms with van der Waals surface area (Å²) in [5.41, 5.74) is -0.157. The van der Waals surface area contributed by atoms with E-state index in [4.69, 9.17) is 9.26 Å². The molecule has 1 aromatic rings. The lowest BCUT2D eigenvalue weighted by atomic mass is 9.82. The number of rotatable bonds is 10. The van der Waals surface area contributed by atoms with Crippen LogP contribution in [0.4, 0.5) is 0 Å². The van der Waals surface area contributed by atoms with Gasteiger partial charge in [0.1, 0.15) is 17.1 Å². The van der Waals surface area contributed by atoms with E-state index >= 15 is 0 Å². The highest BCUT2D eigenvalue weighted by Crippen LogP contribution is 2.29. The van der Waals surface area contributed by atoms with Crippen LogP contribution in [0.5, 0.6) is 0 Å². The van der Waals surface area contributed by atoms with Gasteiger partial charge < -0.3 is 9.26 Å². The van der Waals surface area contributed by atoms with E-state index in [2.05, 4.69) is 25.9 Å². The molecule has 5 heteroatoms. The predicted molar refractivity (Wildman–Crippen MR) is 97.5 cm³/mol. The first kappa shape index (κ1) is 21.4. The van der Waals surface area contributed by atoms with Crippen LogP contribution in [0.15, 0.2) is 10.6 Å². The van der Waals surface area contributed by atoms with Gasteiger partial charge in [-0.15, -0.1) is 0 Å². The van der Waals surface area contributed by atoms with E-state index < -0.39 is 5.60 Å². The van der Waals surface area contributed by atoms with E-state index in [1.165, 1.54) is 0 Å². The Labute approximate surface area is 151 Å². The highest BCUT2D eigenvalue weighted by Gasteiger charge is 2.24. The number of nitrogens with zero attached hydrogens (tertiary/aromatic N) is 1. The molecule has 0 unspecified atom stereocenters. The summed E-state index contributed by atoms with van der Waals surface area (Å²) in [5.74, 6) is 0.579. The Hall–Kier alpha value is -1.65. The zero-order valence-corrected chi connectivity index (χ0v) is 16.6. The van der Waals surface area contributed by atoms with E-state index in [9.17, 15) is 9.59 Å². The minimum absolute atomic E-state index is 0.00292. The highest BCUT2D eigenvalue weighted by atomic mass is 16.6. The SMILES string of the molecule is CCCCc1cc(C(=O)CCC(C)(C)CCC(=O)OC(C)(C)C)no1. The first-order valence-electron chi connectivity index (χ1n) is 9.23. The molecule has 0 spiro atoms. The normalized spacial score (nSPS) is 12.2. The molecular formula is C20H33NO4. The standard InChI is InChI=1S/C20H33NO4/c1-7-8-9-15-14-16(21-25-15)17(22)10-12-20(5,6)13-11-18(23)24-19(2,3)4/h14H,7-13H2,1-6H3. The number of Topliss-reactive ketones (excluding diaryl/α,β-unsaturated/α-hetero) is 1. The molecule has 1 heterocycles. The third-order valence-electron chi connectivity index (χ3n) is 4.08. The maximum Gasteiger partial charge on any atom is 0.306 e. The molecule has 25 heavy (non-hydrogen) atoms. The van der Waals surface area contributed by atoms with Crippen molar-refractivity contribution < 1.29 is 18.8 Å². The van der Waals surface area contributed by atoms with Gasteiger partial charge in [-0.05, 0) is 45.4 Å². The minimum atomic E-state index is -0.459. The van der Waals surface area contributed by atoms with Crippen molar-refractivity contribution in [2.24, 2.45) is 5.41 Å². The van der Waals surface area contributed by atoms with Gasteiger partial charge >= 0.3 is 5.97 Å². The first-order valence-corrected chi connectivity index (χ1v) is 9.23. The van der Waals surface area contributed by atoms with Crippen molar-refractivity contribution in [1.29, 1.82) is 0 Å². The average Bonchev–Trinajstić information content (AvgIpc) is 2.96. The van der Waals surface area contributed by atoms with Gasteiger partial charge in [0.2, 0.25) is 0 Å². The second kappa shape index (κ2) is 9.16. The molecule has 0 aliphatic carbocycles. The molecule has 142 valence electrons. The summed E-state index contributed by atoms with van der Waals surface area (Å²) in [6.07, 6.45) is 5.08. The molecular weight excluding hydrogens is 318 g/mol. The maximum atomic E-state index is 12.3. The number of carbonyl (C=O) groups excluding carboxylic acids is 2. The van der Waals surface area contributed by atoms with Crippen LogP contribution in [-0.2, 0) is 16.0 Å². The second-order valence-corrected chi connectivity index (χ2v) is 8.46. The van der Waals surface area contributed by atoms with Crippen molar-refractivity contribution in [2.75, 3.05) is 0 Å². The Balaban J connectivity index is 2.42. The second-order valence-electron chi connectivity index (χ2n) is 8.46. The molecule has 1 rings (SSSR count). The Morgan fingerprint density at radius 2 is 1.76 bits per heavy atom. The molecule has 0 aliphatic rings. The molecule has 0 N–H and O–H groups in total. The van der Waals surface area contributed by atoms with E-state index in [0.717, 1.165) is 25.0 Å². The smallest absolute Gasteiger partial charge is 0.306 e. The molecule has 1 aromatic heterocycles.